The number of para-hydroxylation sites is 1. The summed E-state index contributed by atoms with van der Waals surface area (Å²) < 4.78 is 0. The van der Waals surface area contributed by atoms with Gasteiger partial charge in [-0.15, -0.1) is 0 Å². The van der Waals surface area contributed by atoms with E-state index in [0.717, 1.165) is 48.1 Å². The number of hydrogen-bond donors (Lipinski definition) is 3. The van der Waals surface area contributed by atoms with Gasteiger partial charge in [0.05, 0.1) is 23.6 Å². The minimum absolute atomic E-state index is 0.0711. The van der Waals surface area contributed by atoms with Crippen molar-refractivity contribution in [2.45, 2.75) is 75.1 Å². The Hall–Kier alpha value is -3.48. The van der Waals surface area contributed by atoms with E-state index in [0.29, 0.717) is 0 Å². The van der Waals surface area contributed by atoms with Crippen molar-refractivity contribution in [3.8, 4) is 0 Å². The first kappa shape index (κ1) is 25.8. The second-order valence-electron chi connectivity index (χ2n) is 12.3. The fourth-order valence-electron chi connectivity index (χ4n) is 7.78. The minimum Gasteiger partial charge on any atom is -0.386 e. The third-order valence-corrected chi connectivity index (χ3v) is 9.79. The average Bonchev–Trinajstić information content (AvgIpc) is 3.40. The molecule has 1 saturated carbocycles. The van der Waals surface area contributed by atoms with E-state index in [2.05, 4.69) is 24.1 Å². The van der Waals surface area contributed by atoms with E-state index >= 15 is 0 Å². The largest absolute Gasteiger partial charge is 0.386 e. The number of benzene rings is 3. The summed E-state index contributed by atoms with van der Waals surface area (Å²) in [7, 11) is 0. The van der Waals surface area contributed by atoms with Crippen molar-refractivity contribution in [2.75, 3.05) is 5.32 Å². The second-order valence-corrected chi connectivity index (χ2v) is 12.3. The molecule has 2 aliphatic heterocycles. The number of rotatable bonds is 5. The molecule has 0 aromatic heterocycles. The number of carbonyl (C=O) groups excluding carboxylic acids is 2. The predicted molar refractivity (Wildman–Crippen MR) is 152 cm³/mol. The number of hydrogen-bond acceptors (Lipinski definition) is 4. The topological polar surface area (TPSA) is 95.7 Å². The quantitative estimate of drug-likeness (QED) is 0.426. The van der Waals surface area contributed by atoms with Crippen LogP contribution >= 0.6 is 0 Å². The number of aliphatic hydroxyl groups is 1. The van der Waals surface area contributed by atoms with Gasteiger partial charge in [0, 0.05) is 11.2 Å². The third kappa shape index (κ3) is 3.84. The van der Waals surface area contributed by atoms with Crippen LogP contribution in [0.2, 0.25) is 0 Å². The van der Waals surface area contributed by atoms with Gasteiger partial charge in [-0.2, -0.15) is 0 Å². The van der Waals surface area contributed by atoms with Crippen molar-refractivity contribution in [1.29, 1.82) is 0 Å². The van der Waals surface area contributed by atoms with Gasteiger partial charge in [0.25, 0.3) is 0 Å². The van der Waals surface area contributed by atoms with Crippen LogP contribution in [0.1, 0.15) is 74.8 Å². The van der Waals surface area contributed by atoms with Crippen molar-refractivity contribution in [1.82, 2.24) is 4.90 Å². The van der Waals surface area contributed by atoms with Crippen molar-refractivity contribution in [2.24, 2.45) is 11.1 Å². The van der Waals surface area contributed by atoms with Gasteiger partial charge in [0.2, 0.25) is 11.8 Å². The Bertz CT molecular complexity index is 1380. The number of fused-ring (bicyclic) bond motifs is 3. The first-order valence-electron chi connectivity index (χ1n) is 14.0. The van der Waals surface area contributed by atoms with Crippen LogP contribution in [0.15, 0.2) is 84.9 Å². The highest BCUT2D eigenvalue weighted by Gasteiger charge is 2.72. The molecule has 4 N–H and O–H groups in total. The molecule has 2 heterocycles. The highest BCUT2D eigenvalue weighted by Crippen LogP contribution is 2.65. The zero-order valence-corrected chi connectivity index (χ0v) is 22.6. The van der Waals surface area contributed by atoms with Gasteiger partial charge >= 0.3 is 0 Å². The normalized spacial score (nSPS) is 26.7. The molecule has 6 heteroatoms. The lowest BCUT2D eigenvalue weighted by molar-refractivity contribution is -0.134. The second kappa shape index (κ2) is 9.32. The summed E-state index contributed by atoms with van der Waals surface area (Å²) in [6.07, 6.45) is 2.59. The molecule has 3 aromatic rings. The molecule has 6 nitrogen and oxygen atoms in total. The number of anilines is 1. The molecular weight excluding hydrogens is 486 g/mol. The van der Waals surface area contributed by atoms with Crippen LogP contribution in [0.4, 0.5) is 5.69 Å². The predicted octanol–water partition coefficient (Wildman–Crippen LogP) is 5.25. The smallest absolute Gasteiger partial charge is 0.237 e. The molecule has 202 valence electrons. The van der Waals surface area contributed by atoms with Gasteiger partial charge < -0.3 is 16.2 Å². The maximum Gasteiger partial charge on any atom is 0.237 e. The molecule has 1 aliphatic carbocycles. The fourth-order valence-corrected chi connectivity index (χ4v) is 7.78. The Kier molecular flexibility index (Phi) is 6.16. The van der Waals surface area contributed by atoms with Crippen LogP contribution in [0.25, 0.3) is 0 Å². The molecule has 3 aromatic carbocycles. The van der Waals surface area contributed by atoms with Crippen molar-refractivity contribution < 1.29 is 14.7 Å². The van der Waals surface area contributed by atoms with Crippen LogP contribution in [0.3, 0.4) is 0 Å². The number of amides is 2. The molecule has 0 radical (unpaired) electrons. The van der Waals surface area contributed by atoms with Crippen LogP contribution < -0.4 is 11.1 Å². The number of primary amides is 1. The van der Waals surface area contributed by atoms with E-state index in [4.69, 9.17) is 5.73 Å². The molecule has 1 saturated heterocycles. The molecule has 2 amide bonds. The zero-order chi connectivity index (χ0) is 27.4. The van der Waals surface area contributed by atoms with Gasteiger partial charge in [0.1, 0.15) is 0 Å². The summed E-state index contributed by atoms with van der Waals surface area (Å²) in [5, 5.41) is 15.3. The molecule has 3 aliphatic rings. The number of likely N-dealkylation sites (tertiary alicyclic amines) is 1. The Balaban J connectivity index is 1.62. The van der Waals surface area contributed by atoms with Crippen LogP contribution in [-0.4, -0.2) is 33.4 Å². The molecule has 2 fully saturated rings. The summed E-state index contributed by atoms with van der Waals surface area (Å²) in [6.45, 7) is 4.54. The monoisotopic (exact) mass is 523 g/mol. The molecular formula is C33H37N3O3. The molecule has 0 bridgehead atoms. The van der Waals surface area contributed by atoms with E-state index < -0.39 is 35.0 Å². The molecule has 39 heavy (non-hydrogen) atoms. The van der Waals surface area contributed by atoms with E-state index in [-0.39, 0.29) is 17.7 Å². The minimum atomic E-state index is -0.955. The summed E-state index contributed by atoms with van der Waals surface area (Å²) in [4.78, 5) is 29.8. The van der Waals surface area contributed by atoms with Crippen molar-refractivity contribution in [3.05, 3.63) is 102 Å². The Morgan fingerprint density at radius 3 is 2.08 bits per heavy atom. The first-order valence-corrected chi connectivity index (χ1v) is 14.0. The summed E-state index contributed by atoms with van der Waals surface area (Å²) in [5.74, 6) is -0.535. The summed E-state index contributed by atoms with van der Waals surface area (Å²) in [5.41, 5.74) is 8.04. The number of aliphatic hydroxyl groups excluding tert-OH is 1. The number of carbonyl (C=O) groups is 2. The van der Waals surface area contributed by atoms with Crippen LogP contribution in [-0.2, 0) is 15.0 Å². The molecule has 2 unspecified atom stereocenters. The van der Waals surface area contributed by atoms with Gasteiger partial charge in [-0.05, 0) is 60.3 Å². The summed E-state index contributed by atoms with van der Waals surface area (Å²) >= 11 is 0. The molecule has 6 rings (SSSR count). The maximum absolute atomic E-state index is 14.3. The van der Waals surface area contributed by atoms with Crippen molar-refractivity contribution >= 4 is 17.5 Å². The van der Waals surface area contributed by atoms with E-state index in [9.17, 15) is 14.7 Å². The highest BCUT2D eigenvalue weighted by atomic mass is 16.3. The first-order chi connectivity index (χ1) is 18.7. The van der Waals surface area contributed by atoms with E-state index in [1.165, 1.54) is 0 Å². The maximum atomic E-state index is 14.3. The number of nitrogens with two attached hydrogens (primary N) is 1. The van der Waals surface area contributed by atoms with Gasteiger partial charge in [-0.3, -0.25) is 14.5 Å². The standard InChI is InChI=1S/C33H37N3O3/c1-31(2)17-19-32(20-18-31)33(24-15-9-10-16-25(24)35-30(33)39)21-26(29(34)38)36(32)27(22-11-5-3-6-12-22)28(37)23-13-7-4-8-14-23/h3-16,26-28,37H,17-21H2,1-2H3,(H2,34,38)(H,35,39)/t26?,27-,28+,33?/m1/s1. The third-order valence-electron chi connectivity index (χ3n) is 9.79. The fraction of sp³-hybridized carbons (Fsp3) is 0.394. The lowest BCUT2D eigenvalue weighted by Crippen LogP contribution is -2.63. The van der Waals surface area contributed by atoms with E-state index in [1.807, 2.05) is 84.9 Å². The lowest BCUT2D eigenvalue weighted by Gasteiger charge is -2.55. The zero-order valence-electron chi connectivity index (χ0n) is 22.6. The van der Waals surface area contributed by atoms with Gasteiger partial charge in [-0.1, -0.05) is 92.7 Å². The lowest BCUT2D eigenvalue weighted by atomic mass is 9.56. The number of nitrogens with one attached hydrogen (secondary N) is 1. The Morgan fingerprint density at radius 1 is 0.897 bits per heavy atom. The molecule has 4 atom stereocenters. The number of nitrogens with zero attached hydrogens (tertiary/aromatic N) is 1. The van der Waals surface area contributed by atoms with Crippen LogP contribution in [0, 0.1) is 5.41 Å². The van der Waals surface area contributed by atoms with E-state index in [1.54, 1.807) is 0 Å². The SMILES string of the molecule is CC1(C)CCC2(CC1)N([C@H](c1ccccc1)[C@@H](O)c1ccccc1)C(C(N)=O)CC21C(=O)Nc2ccccc21. The van der Waals surface area contributed by atoms with Gasteiger partial charge in [0.15, 0.2) is 0 Å². The molecule has 2 spiro atoms. The average molecular weight is 524 g/mol. The van der Waals surface area contributed by atoms with Gasteiger partial charge in [-0.25, -0.2) is 0 Å². The Labute approximate surface area is 230 Å². The summed E-state index contributed by atoms with van der Waals surface area (Å²) in [6, 6.07) is 26.0. The van der Waals surface area contributed by atoms with Crippen LogP contribution in [0.5, 0.6) is 0 Å². The highest BCUT2D eigenvalue weighted by molar-refractivity contribution is 6.08. The van der Waals surface area contributed by atoms with Crippen molar-refractivity contribution in [3.63, 3.8) is 0 Å². The Morgan fingerprint density at radius 2 is 1.46 bits per heavy atom.